The monoisotopic (exact) mass is 260 g/mol. The summed E-state index contributed by atoms with van der Waals surface area (Å²) in [5.74, 6) is 0.431. The van der Waals surface area contributed by atoms with Crippen LogP contribution in [0.3, 0.4) is 0 Å². The lowest BCUT2D eigenvalue weighted by Gasteiger charge is -2.11. The van der Waals surface area contributed by atoms with Gasteiger partial charge in [0.1, 0.15) is 18.2 Å². The van der Waals surface area contributed by atoms with E-state index in [0.717, 1.165) is 11.4 Å². The summed E-state index contributed by atoms with van der Waals surface area (Å²) in [5.41, 5.74) is 2.31. The molecular formula is C15H17FN2O. The van der Waals surface area contributed by atoms with Crippen LogP contribution in [0.15, 0.2) is 36.4 Å². The third-order valence-corrected chi connectivity index (χ3v) is 2.76. The normalized spacial score (nSPS) is 10.5. The molecule has 0 aliphatic heterocycles. The Bertz CT molecular complexity index is 558. The number of benzene rings is 1. The second-order valence-corrected chi connectivity index (χ2v) is 4.31. The molecule has 0 spiro atoms. The maximum absolute atomic E-state index is 13.5. The summed E-state index contributed by atoms with van der Waals surface area (Å²) in [7, 11) is 1.85. The molecule has 0 aliphatic carbocycles. The first-order chi connectivity index (χ1) is 9.20. The van der Waals surface area contributed by atoms with E-state index >= 15 is 0 Å². The highest BCUT2D eigenvalue weighted by molar-refractivity contribution is 5.29. The molecule has 0 saturated carbocycles. The quantitative estimate of drug-likeness (QED) is 0.897. The van der Waals surface area contributed by atoms with E-state index in [1.54, 1.807) is 18.2 Å². The molecule has 100 valence electrons. The number of aromatic nitrogens is 1. The number of halogens is 1. The molecule has 1 heterocycles. The minimum Gasteiger partial charge on any atom is -0.487 e. The molecule has 2 rings (SSSR count). The van der Waals surface area contributed by atoms with Crippen molar-refractivity contribution < 1.29 is 9.13 Å². The molecule has 0 amide bonds. The van der Waals surface area contributed by atoms with Crippen molar-refractivity contribution in [2.45, 2.75) is 20.1 Å². The van der Waals surface area contributed by atoms with Gasteiger partial charge in [-0.05, 0) is 32.2 Å². The zero-order valence-corrected chi connectivity index (χ0v) is 11.1. The SMILES string of the molecule is CNCc1nc(C)ccc1OCc1ccccc1F. The Morgan fingerprint density at radius 3 is 2.74 bits per heavy atom. The number of ether oxygens (including phenoxy) is 1. The molecule has 3 nitrogen and oxygen atoms in total. The average molecular weight is 260 g/mol. The molecule has 1 N–H and O–H groups in total. The fourth-order valence-corrected chi connectivity index (χ4v) is 1.79. The van der Waals surface area contributed by atoms with Crippen LogP contribution in [0.5, 0.6) is 5.75 Å². The highest BCUT2D eigenvalue weighted by Gasteiger charge is 2.07. The largest absolute Gasteiger partial charge is 0.487 e. The summed E-state index contributed by atoms with van der Waals surface area (Å²) in [6.07, 6.45) is 0. The molecule has 1 aromatic heterocycles. The molecule has 1 aromatic carbocycles. The third kappa shape index (κ3) is 3.51. The Morgan fingerprint density at radius 1 is 1.21 bits per heavy atom. The van der Waals surface area contributed by atoms with Crippen LogP contribution in [0.4, 0.5) is 4.39 Å². The van der Waals surface area contributed by atoms with E-state index in [2.05, 4.69) is 10.3 Å². The van der Waals surface area contributed by atoms with E-state index in [0.29, 0.717) is 17.9 Å². The van der Waals surface area contributed by atoms with Crippen molar-refractivity contribution in [2.75, 3.05) is 7.05 Å². The number of nitrogens with zero attached hydrogens (tertiary/aromatic N) is 1. The summed E-state index contributed by atoms with van der Waals surface area (Å²) >= 11 is 0. The van der Waals surface area contributed by atoms with Crippen LogP contribution in [0.25, 0.3) is 0 Å². The highest BCUT2D eigenvalue weighted by Crippen LogP contribution is 2.19. The van der Waals surface area contributed by atoms with Gasteiger partial charge in [0.15, 0.2) is 0 Å². The van der Waals surface area contributed by atoms with E-state index in [1.165, 1.54) is 6.07 Å². The summed E-state index contributed by atoms with van der Waals surface area (Å²) < 4.78 is 19.2. The number of hydrogen-bond donors (Lipinski definition) is 1. The van der Waals surface area contributed by atoms with Crippen molar-refractivity contribution >= 4 is 0 Å². The predicted octanol–water partition coefficient (Wildman–Crippen LogP) is 2.83. The lowest BCUT2D eigenvalue weighted by atomic mass is 10.2. The fraction of sp³-hybridized carbons (Fsp3) is 0.267. The maximum Gasteiger partial charge on any atom is 0.142 e. The molecule has 0 atom stereocenters. The maximum atomic E-state index is 13.5. The number of aryl methyl sites for hydroxylation is 1. The summed E-state index contributed by atoms with van der Waals surface area (Å²) in [6.45, 7) is 2.75. The Kier molecular flexibility index (Phi) is 4.47. The molecule has 0 aliphatic rings. The van der Waals surface area contributed by atoms with Crippen molar-refractivity contribution in [3.8, 4) is 5.75 Å². The zero-order valence-electron chi connectivity index (χ0n) is 11.1. The molecule has 0 bridgehead atoms. The van der Waals surface area contributed by atoms with Crippen LogP contribution >= 0.6 is 0 Å². The van der Waals surface area contributed by atoms with Crippen LogP contribution in [0, 0.1) is 12.7 Å². The van der Waals surface area contributed by atoms with Gasteiger partial charge in [0.05, 0.1) is 5.69 Å². The Balaban J connectivity index is 2.13. The molecule has 4 heteroatoms. The van der Waals surface area contributed by atoms with Crippen LogP contribution < -0.4 is 10.1 Å². The fourth-order valence-electron chi connectivity index (χ4n) is 1.79. The lowest BCUT2D eigenvalue weighted by Crippen LogP contribution is -2.10. The van der Waals surface area contributed by atoms with Gasteiger partial charge in [-0.25, -0.2) is 4.39 Å². The van der Waals surface area contributed by atoms with Crippen LogP contribution in [-0.4, -0.2) is 12.0 Å². The van der Waals surface area contributed by atoms with Crippen molar-refractivity contribution in [3.05, 3.63) is 59.2 Å². The van der Waals surface area contributed by atoms with Gasteiger partial charge >= 0.3 is 0 Å². The first kappa shape index (κ1) is 13.5. The van der Waals surface area contributed by atoms with Gasteiger partial charge in [-0.1, -0.05) is 18.2 Å². The predicted molar refractivity (Wildman–Crippen MR) is 72.5 cm³/mol. The molecule has 0 radical (unpaired) electrons. The van der Waals surface area contributed by atoms with Gasteiger partial charge in [0, 0.05) is 17.8 Å². The molecule has 0 fully saturated rings. The number of nitrogens with one attached hydrogen (secondary N) is 1. The van der Waals surface area contributed by atoms with Crippen molar-refractivity contribution in [2.24, 2.45) is 0 Å². The lowest BCUT2D eigenvalue weighted by molar-refractivity contribution is 0.294. The number of pyridine rings is 1. The first-order valence-electron chi connectivity index (χ1n) is 6.18. The third-order valence-electron chi connectivity index (χ3n) is 2.76. The smallest absolute Gasteiger partial charge is 0.142 e. The van der Waals surface area contributed by atoms with Gasteiger partial charge < -0.3 is 10.1 Å². The molecule has 0 saturated heterocycles. The molecule has 2 aromatic rings. The van der Waals surface area contributed by atoms with Crippen molar-refractivity contribution in [3.63, 3.8) is 0 Å². The van der Waals surface area contributed by atoms with Gasteiger partial charge in [-0.3, -0.25) is 4.98 Å². The van der Waals surface area contributed by atoms with E-state index < -0.39 is 0 Å². The Hall–Kier alpha value is -1.94. The summed E-state index contributed by atoms with van der Waals surface area (Å²) in [4.78, 5) is 4.42. The van der Waals surface area contributed by atoms with E-state index in [-0.39, 0.29) is 12.4 Å². The van der Waals surface area contributed by atoms with Crippen LogP contribution in [0.1, 0.15) is 17.0 Å². The molecule has 0 unspecified atom stereocenters. The van der Waals surface area contributed by atoms with Gasteiger partial charge in [0.2, 0.25) is 0 Å². The van der Waals surface area contributed by atoms with E-state index in [9.17, 15) is 4.39 Å². The Morgan fingerprint density at radius 2 is 2.00 bits per heavy atom. The summed E-state index contributed by atoms with van der Waals surface area (Å²) in [6, 6.07) is 10.4. The second-order valence-electron chi connectivity index (χ2n) is 4.31. The zero-order chi connectivity index (χ0) is 13.7. The Labute approximate surface area is 112 Å². The van der Waals surface area contributed by atoms with Gasteiger partial charge in [-0.2, -0.15) is 0 Å². The minimum absolute atomic E-state index is 0.203. The number of rotatable bonds is 5. The topological polar surface area (TPSA) is 34.2 Å². The highest BCUT2D eigenvalue weighted by atomic mass is 19.1. The van der Waals surface area contributed by atoms with Gasteiger partial charge in [-0.15, -0.1) is 0 Å². The van der Waals surface area contributed by atoms with Crippen molar-refractivity contribution in [1.82, 2.24) is 10.3 Å². The van der Waals surface area contributed by atoms with Gasteiger partial charge in [0.25, 0.3) is 0 Å². The van der Waals surface area contributed by atoms with Crippen LogP contribution in [-0.2, 0) is 13.2 Å². The van der Waals surface area contributed by atoms with E-state index in [1.807, 2.05) is 26.1 Å². The molecular weight excluding hydrogens is 243 g/mol. The van der Waals surface area contributed by atoms with Crippen LogP contribution in [0.2, 0.25) is 0 Å². The molecule has 19 heavy (non-hydrogen) atoms. The van der Waals surface area contributed by atoms with Crippen molar-refractivity contribution in [1.29, 1.82) is 0 Å². The first-order valence-corrected chi connectivity index (χ1v) is 6.18. The second kappa shape index (κ2) is 6.29. The summed E-state index contributed by atoms with van der Waals surface area (Å²) in [5, 5.41) is 3.04. The number of hydrogen-bond acceptors (Lipinski definition) is 3. The minimum atomic E-state index is -0.252. The average Bonchev–Trinajstić information content (AvgIpc) is 2.40. The van der Waals surface area contributed by atoms with E-state index in [4.69, 9.17) is 4.74 Å². The standard InChI is InChI=1S/C15H17FN2O/c1-11-7-8-15(14(18-11)9-17-2)19-10-12-5-3-4-6-13(12)16/h3-8,17H,9-10H2,1-2H3.